The number of para-hydroxylation sites is 3. The molecule has 0 spiro atoms. The molecule has 0 aliphatic carbocycles. The van der Waals surface area contributed by atoms with Crippen molar-refractivity contribution < 1.29 is 0 Å². The fraction of sp³-hybridized carbons (Fsp3) is 0.143. The molecule has 0 bridgehead atoms. The highest BCUT2D eigenvalue weighted by molar-refractivity contribution is 5.84. The average molecular weight is 674 g/mol. The van der Waals surface area contributed by atoms with E-state index >= 15 is 0 Å². The summed E-state index contributed by atoms with van der Waals surface area (Å²) in [6.07, 6.45) is 1.86. The Hall–Kier alpha value is -6.06. The van der Waals surface area contributed by atoms with Crippen LogP contribution in [0.1, 0.15) is 72.9 Å². The van der Waals surface area contributed by atoms with Crippen LogP contribution < -0.4 is 0 Å². The molecule has 0 amide bonds. The molecular formula is C49H43N3. The number of pyridine rings is 1. The lowest BCUT2D eigenvalue weighted by atomic mass is 9.64. The van der Waals surface area contributed by atoms with Crippen LogP contribution in [0, 0.1) is 0 Å². The predicted molar refractivity (Wildman–Crippen MR) is 216 cm³/mol. The number of rotatable bonds is 9. The highest BCUT2D eigenvalue weighted by atomic mass is 15.1. The number of nitrogens with zero attached hydrogens (tertiary/aromatic N) is 3. The molecule has 0 aliphatic heterocycles. The van der Waals surface area contributed by atoms with Crippen LogP contribution >= 0.6 is 0 Å². The second-order valence-electron chi connectivity index (χ2n) is 14.2. The summed E-state index contributed by atoms with van der Waals surface area (Å²) in [5, 5.41) is 0. The third-order valence-corrected chi connectivity index (χ3v) is 10.4. The molecule has 2 aromatic heterocycles. The zero-order valence-electron chi connectivity index (χ0n) is 30.2. The van der Waals surface area contributed by atoms with Crippen molar-refractivity contribution in [3.05, 3.63) is 209 Å². The van der Waals surface area contributed by atoms with Crippen molar-refractivity contribution in [3.8, 4) is 28.3 Å². The van der Waals surface area contributed by atoms with Crippen LogP contribution in [0.2, 0.25) is 0 Å². The molecular weight excluding hydrogens is 631 g/mol. The van der Waals surface area contributed by atoms with Crippen molar-refractivity contribution in [1.29, 1.82) is 0 Å². The van der Waals surface area contributed by atoms with Gasteiger partial charge < -0.3 is 0 Å². The first-order chi connectivity index (χ1) is 25.5. The van der Waals surface area contributed by atoms with Gasteiger partial charge in [0.2, 0.25) is 0 Å². The smallest absolute Gasteiger partial charge is 0.145 e. The fourth-order valence-electron chi connectivity index (χ4n) is 7.93. The Kier molecular flexibility index (Phi) is 8.86. The summed E-state index contributed by atoms with van der Waals surface area (Å²) in [5.41, 5.74) is 13.2. The Morgan fingerprint density at radius 3 is 1.60 bits per heavy atom. The van der Waals surface area contributed by atoms with Crippen molar-refractivity contribution in [2.24, 2.45) is 0 Å². The van der Waals surface area contributed by atoms with Crippen molar-refractivity contribution in [2.45, 2.75) is 44.9 Å². The van der Waals surface area contributed by atoms with Crippen LogP contribution in [-0.2, 0) is 5.41 Å². The summed E-state index contributed by atoms with van der Waals surface area (Å²) in [6.45, 7) is 9.15. The number of hydrogen-bond acceptors (Lipinski definition) is 2. The molecule has 6 aromatic carbocycles. The monoisotopic (exact) mass is 673 g/mol. The predicted octanol–water partition coefficient (Wildman–Crippen LogP) is 12.4. The Bertz CT molecular complexity index is 2390. The molecule has 0 atom stereocenters. The highest BCUT2D eigenvalue weighted by Crippen LogP contribution is 2.47. The Labute approximate surface area is 307 Å². The topological polar surface area (TPSA) is 30.7 Å². The third-order valence-electron chi connectivity index (χ3n) is 10.4. The van der Waals surface area contributed by atoms with E-state index < -0.39 is 5.41 Å². The Balaban J connectivity index is 1.44. The molecule has 0 radical (unpaired) electrons. The first kappa shape index (κ1) is 33.1. The maximum atomic E-state index is 5.41. The van der Waals surface area contributed by atoms with Gasteiger partial charge in [-0.05, 0) is 81.6 Å². The number of aromatic nitrogens is 3. The van der Waals surface area contributed by atoms with Gasteiger partial charge in [-0.15, -0.1) is 0 Å². The lowest BCUT2D eigenvalue weighted by Gasteiger charge is -2.37. The minimum absolute atomic E-state index is 0.337. The lowest BCUT2D eigenvalue weighted by molar-refractivity contribution is 0.745. The van der Waals surface area contributed by atoms with Crippen LogP contribution in [0.3, 0.4) is 0 Å². The van der Waals surface area contributed by atoms with Gasteiger partial charge in [0.1, 0.15) is 5.82 Å². The van der Waals surface area contributed by atoms with Crippen LogP contribution in [0.5, 0.6) is 0 Å². The van der Waals surface area contributed by atoms with E-state index in [0.29, 0.717) is 11.8 Å². The van der Waals surface area contributed by atoms with E-state index in [1.54, 1.807) is 0 Å². The molecule has 0 unspecified atom stereocenters. The second kappa shape index (κ2) is 13.9. The zero-order valence-corrected chi connectivity index (χ0v) is 30.2. The maximum absolute atomic E-state index is 5.41. The van der Waals surface area contributed by atoms with E-state index in [1.807, 2.05) is 18.3 Å². The van der Waals surface area contributed by atoms with Gasteiger partial charge in [-0.25, -0.2) is 4.98 Å². The molecule has 0 N–H and O–H groups in total. The molecule has 0 saturated carbocycles. The molecule has 0 saturated heterocycles. The van der Waals surface area contributed by atoms with E-state index in [1.165, 1.54) is 39.1 Å². The first-order valence-corrected chi connectivity index (χ1v) is 18.3. The van der Waals surface area contributed by atoms with Crippen LogP contribution in [0.15, 0.2) is 176 Å². The SMILES string of the molecule is CC(C)c1cccc(C(C)C)c1-n1c(-c2cccc(C(c3ccccc3)(c3ccccc3)c3cccc(-c4ccccn4)c3)c2)nc2ccccc21. The Morgan fingerprint density at radius 1 is 0.481 bits per heavy atom. The maximum Gasteiger partial charge on any atom is 0.145 e. The molecule has 0 fully saturated rings. The van der Waals surface area contributed by atoms with Gasteiger partial charge in [0.25, 0.3) is 0 Å². The molecule has 2 heterocycles. The molecule has 8 aromatic rings. The average Bonchev–Trinajstić information content (AvgIpc) is 3.59. The number of benzene rings is 6. The minimum atomic E-state index is -0.640. The van der Waals surface area contributed by atoms with E-state index in [0.717, 1.165) is 33.7 Å². The first-order valence-electron chi connectivity index (χ1n) is 18.3. The molecule has 3 heteroatoms. The van der Waals surface area contributed by atoms with Gasteiger partial charge >= 0.3 is 0 Å². The normalized spacial score (nSPS) is 11.8. The van der Waals surface area contributed by atoms with Crippen molar-refractivity contribution in [2.75, 3.05) is 0 Å². The fourth-order valence-corrected chi connectivity index (χ4v) is 7.93. The molecule has 3 nitrogen and oxygen atoms in total. The largest absolute Gasteiger partial charge is 0.292 e. The number of fused-ring (bicyclic) bond motifs is 1. The van der Waals surface area contributed by atoms with Crippen molar-refractivity contribution in [3.63, 3.8) is 0 Å². The lowest BCUT2D eigenvalue weighted by Crippen LogP contribution is -2.31. The summed E-state index contributed by atoms with van der Waals surface area (Å²) < 4.78 is 2.42. The standard InChI is InChI=1S/C49H43N3/c1-34(2)42-26-17-27-43(35(3)4)47(42)52-46-30-12-11-29-45(46)51-48(52)37-19-16-25-41(33-37)49(38-20-7-5-8-21-38,39-22-9-6-10-23-39)40-24-15-18-36(32-40)44-28-13-14-31-50-44/h5-35H,1-4H3. The van der Waals surface area contributed by atoms with Gasteiger partial charge in [0, 0.05) is 17.3 Å². The van der Waals surface area contributed by atoms with Gasteiger partial charge in [0.15, 0.2) is 0 Å². The summed E-state index contributed by atoms with van der Waals surface area (Å²) >= 11 is 0. The van der Waals surface area contributed by atoms with E-state index in [2.05, 4.69) is 190 Å². The van der Waals surface area contributed by atoms with Gasteiger partial charge in [-0.3, -0.25) is 9.55 Å². The van der Waals surface area contributed by atoms with Crippen LogP contribution in [0.25, 0.3) is 39.4 Å². The molecule has 0 aliphatic rings. The zero-order chi connectivity index (χ0) is 35.7. The van der Waals surface area contributed by atoms with Crippen LogP contribution in [-0.4, -0.2) is 14.5 Å². The quantitative estimate of drug-likeness (QED) is 0.143. The summed E-state index contributed by atoms with van der Waals surface area (Å²) in [6, 6.07) is 61.2. The second-order valence-corrected chi connectivity index (χ2v) is 14.2. The minimum Gasteiger partial charge on any atom is -0.292 e. The highest BCUT2D eigenvalue weighted by Gasteiger charge is 2.39. The molecule has 8 rings (SSSR count). The van der Waals surface area contributed by atoms with Crippen molar-refractivity contribution in [1.82, 2.24) is 14.5 Å². The van der Waals surface area contributed by atoms with E-state index in [9.17, 15) is 0 Å². The summed E-state index contributed by atoms with van der Waals surface area (Å²) in [7, 11) is 0. The van der Waals surface area contributed by atoms with Gasteiger partial charge in [-0.2, -0.15) is 0 Å². The number of imidazole rings is 1. The van der Waals surface area contributed by atoms with Crippen molar-refractivity contribution >= 4 is 11.0 Å². The summed E-state index contributed by atoms with van der Waals surface area (Å²) in [5.74, 6) is 1.61. The van der Waals surface area contributed by atoms with Gasteiger partial charge in [0.05, 0.1) is 27.8 Å². The summed E-state index contributed by atoms with van der Waals surface area (Å²) in [4.78, 5) is 10.1. The van der Waals surface area contributed by atoms with Crippen LogP contribution in [0.4, 0.5) is 0 Å². The third kappa shape index (κ3) is 5.73. The number of hydrogen-bond donors (Lipinski definition) is 0. The molecule has 52 heavy (non-hydrogen) atoms. The molecule has 254 valence electrons. The Morgan fingerprint density at radius 2 is 1.00 bits per heavy atom. The van der Waals surface area contributed by atoms with E-state index in [-0.39, 0.29) is 0 Å². The van der Waals surface area contributed by atoms with E-state index in [4.69, 9.17) is 9.97 Å². The van der Waals surface area contributed by atoms with Gasteiger partial charge in [-0.1, -0.05) is 161 Å².